The molecule has 0 aliphatic carbocycles. The Morgan fingerprint density at radius 1 is 1.06 bits per heavy atom. The van der Waals surface area contributed by atoms with Gasteiger partial charge in [-0.05, 0) is 31.0 Å². The zero-order valence-corrected chi connectivity index (χ0v) is 12.0. The fourth-order valence-corrected chi connectivity index (χ4v) is 3.47. The molecule has 0 saturated carbocycles. The summed E-state index contributed by atoms with van der Waals surface area (Å²) in [7, 11) is -3.48. The first-order valence-electron chi connectivity index (χ1n) is 5.72. The number of benzene rings is 1. The highest BCUT2D eigenvalue weighted by Crippen LogP contribution is 2.26. The maximum atomic E-state index is 12.1. The molecule has 7 heteroatoms. The van der Waals surface area contributed by atoms with E-state index in [1.54, 1.807) is 12.1 Å². The zero-order valence-electron chi connectivity index (χ0n) is 9.70. The Morgan fingerprint density at radius 2 is 1.72 bits per heavy atom. The van der Waals surface area contributed by atoms with Crippen LogP contribution in [0.1, 0.15) is 19.3 Å². The molecular weight excluding hydrogens is 295 g/mol. The molecule has 0 amide bonds. The van der Waals surface area contributed by atoms with E-state index in [1.165, 1.54) is 10.4 Å². The molecule has 100 valence electrons. The second-order valence-corrected chi connectivity index (χ2v) is 6.68. The molecule has 1 fully saturated rings. The fourth-order valence-electron chi connectivity index (χ4n) is 1.88. The first-order chi connectivity index (χ1) is 8.49. The van der Waals surface area contributed by atoms with Gasteiger partial charge >= 0.3 is 10.2 Å². The van der Waals surface area contributed by atoms with Crippen molar-refractivity contribution in [3.05, 3.63) is 28.2 Å². The van der Waals surface area contributed by atoms with E-state index >= 15 is 0 Å². The Morgan fingerprint density at radius 3 is 2.33 bits per heavy atom. The predicted molar refractivity (Wildman–Crippen MR) is 74.4 cm³/mol. The van der Waals surface area contributed by atoms with Gasteiger partial charge in [-0.1, -0.05) is 29.6 Å². The van der Waals surface area contributed by atoms with E-state index in [1.807, 2.05) is 0 Å². The topological polar surface area (TPSA) is 49.4 Å². The number of nitrogens with one attached hydrogen (secondary N) is 1. The first kappa shape index (κ1) is 13.9. The van der Waals surface area contributed by atoms with Gasteiger partial charge in [0.1, 0.15) is 0 Å². The highest BCUT2D eigenvalue weighted by Gasteiger charge is 2.23. The van der Waals surface area contributed by atoms with E-state index in [4.69, 9.17) is 23.2 Å². The van der Waals surface area contributed by atoms with Crippen molar-refractivity contribution in [2.45, 2.75) is 19.3 Å². The molecule has 1 saturated heterocycles. The van der Waals surface area contributed by atoms with Crippen molar-refractivity contribution in [2.75, 3.05) is 17.8 Å². The van der Waals surface area contributed by atoms with Crippen LogP contribution in [0.15, 0.2) is 18.2 Å². The molecule has 1 aliphatic heterocycles. The van der Waals surface area contributed by atoms with Crippen molar-refractivity contribution >= 4 is 39.1 Å². The average molecular weight is 309 g/mol. The van der Waals surface area contributed by atoms with Gasteiger partial charge < -0.3 is 0 Å². The standard InChI is InChI=1S/C11H14Cl2N2O2S/c12-10-5-4-9(8-11(10)13)14-18(16,17)15-6-2-1-3-7-15/h4-5,8,14H,1-3,6-7H2. The third-order valence-corrected chi connectivity index (χ3v) is 5.10. The van der Waals surface area contributed by atoms with Crippen LogP contribution in [0.3, 0.4) is 0 Å². The van der Waals surface area contributed by atoms with Gasteiger partial charge in [0.05, 0.1) is 15.7 Å². The first-order valence-corrected chi connectivity index (χ1v) is 7.91. The number of piperidine rings is 1. The van der Waals surface area contributed by atoms with Gasteiger partial charge in [-0.25, -0.2) is 0 Å². The lowest BCUT2D eigenvalue weighted by Gasteiger charge is -2.26. The molecule has 0 aromatic heterocycles. The Bertz CT molecular complexity index is 528. The Balaban J connectivity index is 2.13. The zero-order chi connectivity index (χ0) is 13.2. The van der Waals surface area contributed by atoms with E-state index in [9.17, 15) is 8.42 Å². The third kappa shape index (κ3) is 3.29. The summed E-state index contributed by atoms with van der Waals surface area (Å²) in [6, 6.07) is 4.67. The van der Waals surface area contributed by atoms with Crippen molar-refractivity contribution in [3.63, 3.8) is 0 Å². The third-order valence-electron chi connectivity index (χ3n) is 2.82. The number of hydrogen-bond acceptors (Lipinski definition) is 2. The lowest BCUT2D eigenvalue weighted by atomic mass is 10.2. The van der Waals surface area contributed by atoms with Crippen LogP contribution in [0.4, 0.5) is 5.69 Å². The van der Waals surface area contributed by atoms with Crippen molar-refractivity contribution in [2.24, 2.45) is 0 Å². The maximum Gasteiger partial charge on any atom is 0.301 e. The average Bonchev–Trinajstić information content (AvgIpc) is 2.35. The molecule has 0 bridgehead atoms. The van der Waals surface area contributed by atoms with Crippen LogP contribution < -0.4 is 4.72 Å². The minimum absolute atomic E-state index is 0.329. The lowest BCUT2D eigenvalue weighted by molar-refractivity contribution is 0.349. The molecule has 0 atom stereocenters. The molecule has 0 radical (unpaired) electrons. The van der Waals surface area contributed by atoms with Crippen LogP contribution in [-0.2, 0) is 10.2 Å². The van der Waals surface area contributed by atoms with E-state index in [0.29, 0.717) is 28.8 Å². The normalized spacial score (nSPS) is 17.7. The van der Waals surface area contributed by atoms with Crippen LogP contribution in [0, 0.1) is 0 Å². The van der Waals surface area contributed by atoms with Crippen molar-refractivity contribution in [1.29, 1.82) is 0 Å². The molecule has 1 aliphatic rings. The molecule has 1 aromatic carbocycles. The predicted octanol–water partition coefficient (Wildman–Crippen LogP) is 3.14. The maximum absolute atomic E-state index is 12.1. The van der Waals surface area contributed by atoms with Crippen LogP contribution in [-0.4, -0.2) is 25.8 Å². The summed E-state index contributed by atoms with van der Waals surface area (Å²) in [5, 5.41) is 0.730. The molecule has 4 nitrogen and oxygen atoms in total. The second kappa shape index (κ2) is 5.65. The summed E-state index contributed by atoms with van der Waals surface area (Å²) in [4.78, 5) is 0. The lowest BCUT2D eigenvalue weighted by Crippen LogP contribution is -2.39. The van der Waals surface area contributed by atoms with Gasteiger partial charge in [-0.15, -0.1) is 0 Å². The summed E-state index contributed by atoms with van der Waals surface area (Å²) in [5.74, 6) is 0. The molecule has 2 rings (SSSR count). The molecular formula is C11H14Cl2N2O2S. The van der Waals surface area contributed by atoms with Crippen LogP contribution in [0.25, 0.3) is 0 Å². The van der Waals surface area contributed by atoms with Gasteiger partial charge in [0.2, 0.25) is 0 Å². The van der Waals surface area contributed by atoms with Crippen LogP contribution >= 0.6 is 23.2 Å². The molecule has 18 heavy (non-hydrogen) atoms. The van der Waals surface area contributed by atoms with Gasteiger partial charge in [0.25, 0.3) is 0 Å². The van der Waals surface area contributed by atoms with Gasteiger partial charge in [-0.2, -0.15) is 12.7 Å². The van der Waals surface area contributed by atoms with E-state index in [-0.39, 0.29) is 0 Å². The second-order valence-electron chi connectivity index (χ2n) is 4.20. The van der Waals surface area contributed by atoms with E-state index < -0.39 is 10.2 Å². The minimum atomic E-state index is -3.48. The number of rotatable bonds is 3. The quantitative estimate of drug-likeness (QED) is 0.932. The summed E-state index contributed by atoms with van der Waals surface area (Å²) < 4.78 is 28.1. The summed E-state index contributed by atoms with van der Waals surface area (Å²) in [6.45, 7) is 1.13. The number of anilines is 1. The Hall–Kier alpha value is -0.490. The van der Waals surface area contributed by atoms with Gasteiger partial charge in [0, 0.05) is 13.1 Å². The highest BCUT2D eigenvalue weighted by molar-refractivity contribution is 7.90. The number of hydrogen-bond donors (Lipinski definition) is 1. The van der Waals surface area contributed by atoms with Gasteiger partial charge in [0.15, 0.2) is 0 Å². The molecule has 0 unspecified atom stereocenters. The Labute approximate surface area is 117 Å². The fraction of sp³-hybridized carbons (Fsp3) is 0.455. The monoisotopic (exact) mass is 308 g/mol. The van der Waals surface area contributed by atoms with Crippen molar-refractivity contribution in [1.82, 2.24) is 4.31 Å². The summed E-state index contributed by atoms with van der Waals surface area (Å²) in [5.41, 5.74) is 0.426. The van der Waals surface area contributed by atoms with E-state index in [0.717, 1.165) is 19.3 Å². The largest absolute Gasteiger partial charge is 0.301 e. The summed E-state index contributed by atoms with van der Waals surface area (Å²) in [6.07, 6.45) is 2.89. The van der Waals surface area contributed by atoms with Crippen molar-refractivity contribution < 1.29 is 8.42 Å². The molecule has 1 aromatic rings. The Kier molecular flexibility index (Phi) is 4.37. The van der Waals surface area contributed by atoms with Crippen LogP contribution in [0.2, 0.25) is 10.0 Å². The number of nitrogens with zero attached hydrogens (tertiary/aromatic N) is 1. The minimum Gasteiger partial charge on any atom is -0.271 e. The van der Waals surface area contributed by atoms with Crippen molar-refractivity contribution in [3.8, 4) is 0 Å². The van der Waals surface area contributed by atoms with Gasteiger partial charge in [-0.3, -0.25) is 4.72 Å². The smallest absolute Gasteiger partial charge is 0.271 e. The molecule has 0 spiro atoms. The molecule has 1 N–H and O–H groups in total. The highest BCUT2D eigenvalue weighted by atomic mass is 35.5. The number of halogens is 2. The van der Waals surface area contributed by atoms with E-state index in [2.05, 4.69) is 4.72 Å². The van der Waals surface area contributed by atoms with Crippen LogP contribution in [0.5, 0.6) is 0 Å². The summed E-state index contributed by atoms with van der Waals surface area (Å²) >= 11 is 11.6. The molecule has 1 heterocycles. The SMILES string of the molecule is O=S(=O)(Nc1ccc(Cl)c(Cl)c1)N1CCCCC1.